The van der Waals surface area contributed by atoms with E-state index in [1.54, 1.807) is 0 Å². The zero-order chi connectivity index (χ0) is 15.2. The number of fused-ring (bicyclic) bond motifs is 1. The van der Waals surface area contributed by atoms with Crippen LogP contribution in [0.25, 0.3) is 0 Å². The number of benzene rings is 1. The van der Waals surface area contributed by atoms with Crippen LogP contribution in [0.5, 0.6) is 11.5 Å². The molecule has 8 heteroatoms. The van der Waals surface area contributed by atoms with Gasteiger partial charge in [-0.05, 0) is 28.1 Å². The summed E-state index contributed by atoms with van der Waals surface area (Å²) in [6.07, 6.45) is 2.69. The van der Waals surface area contributed by atoms with Crippen LogP contribution < -0.4 is 14.8 Å². The summed E-state index contributed by atoms with van der Waals surface area (Å²) in [5, 5.41) is 13.6. The molecule has 8 nitrogen and oxygen atoms in total. The van der Waals surface area contributed by atoms with E-state index < -0.39 is 0 Å². The number of aryl methyl sites for hydroxylation is 1. The number of hydrogen-bond donors (Lipinski definition) is 1. The van der Waals surface area contributed by atoms with Crippen LogP contribution in [0.2, 0.25) is 0 Å². The van der Waals surface area contributed by atoms with E-state index in [2.05, 4.69) is 20.8 Å². The summed E-state index contributed by atoms with van der Waals surface area (Å²) >= 11 is 0. The molecule has 0 bridgehead atoms. The molecule has 2 heterocycles. The number of nitrogens with zero attached hydrogens (tertiary/aromatic N) is 4. The van der Waals surface area contributed by atoms with Crippen LogP contribution in [0.15, 0.2) is 24.5 Å². The highest BCUT2D eigenvalue weighted by atomic mass is 16.5. The van der Waals surface area contributed by atoms with Crippen molar-refractivity contribution in [3.8, 4) is 11.5 Å². The summed E-state index contributed by atoms with van der Waals surface area (Å²) in [7, 11) is 0. The summed E-state index contributed by atoms with van der Waals surface area (Å²) in [5.74, 6) is 1.44. The molecule has 0 fully saturated rings. The van der Waals surface area contributed by atoms with Crippen molar-refractivity contribution in [2.24, 2.45) is 0 Å². The molecule has 1 amide bonds. The first-order chi connectivity index (χ1) is 10.8. The first-order valence-corrected chi connectivity index (χ1v) is 7.17. The largest absolute Gasteiger partial charge is 0.490 e. The normalized spacial score (nSPS) is 13.5. The molecule has 1 aromatic carbocycles. The second-order valence-corrected chi connectivity index (χ2v) is 4.93. The third kappa shape index (κ3) is 3.72. The Hall–Kier alpha value is -2.64. The van der Waals surface area contributed by atoms with Gasteiger partial charge in [0.05, 0.1) is 19.8 Å². The van der Waals surface area contributed by atoms with E-state index in [0.29, 0.717) is 32.7 Å². The number of tetrazole rings is 1. The van der Waals surface area contributed by atoms with E-state index >= 15 is 0 Å². The van der Waals surface area contributed by atoms with Crippen LogP contribution in [0.4, 0.5) is 0 Å². The summed E-state index contributed by atoms with van der Waals surface area (Å²) in [5.41, 5.74) is 0.972. The lowest BCUT2D eigenvalue weighted by atomic mass is 10.2. The standard InChI is InChI=1S/C14H17N5O3/c20-14(4-5-19-10-16-17-18-19)15-9-11-2-3-12-13(8-11)22-7-1-6-21-12/h2-3,8,10H,1,4-7,9H2,(H,15,20). The van der Waals surface area contributed by atoms with Gasteiger partial charge in [0.15, 0.2) is 11.5 Å². The Morgan fingerprint density at radius 2 is 2.14 bits per heavy atom. The van der Waals surface area contributed by atoms with Gasteiger partial charge in [0.2, 0.25) is 5.91 Å². The number of ether oxygens (including phenoxy) is 2. The van der Waals surface area contributed by atoms with Crippen molar-refractivity contribution >= 4 is 5.91 Å². The fourth-order valence-electron chi connectivity index (χ4n) is 2.11. The maximum absolute atomic E-state index is 11.8. The van der Waals surface area contributed by atoms with E-state index in [0.717, 1.165) is 23.5 Å². The Morgan fingerprint density at radius 1 is 1.27 bits per heavy atom. The summed E-state index contributed by atoms with van der Waals surface area (Å²) < 4.78 is 12.7. The van der Waals surface area contributed by atoms with Gasteiger partial charge in [-0.25, -0.2) is 4.68 Å². The lowest BCUT2D eigenvalue weighted by molar-refractivity contribution is -0.121. The second-order valence-electron chi connectivity index (χ2n) is 4.93. The Balaban J connectivity index is 1.50. The molecule has 1 aliphatic heterocycles. The van der Waals surface area contributed by atoms with Crippen molar-refractivity contribution in [3.63, 3.8) is 0 Å². The minimum absolute atomic E-state index is 0.0531. The molecular weight excluding hydrogens is 286 g/mol. The Kier molecular flexibility index (Phi) is 4.47. The van der Waals surface area contributed by atoms with E-state index in [-0.39, 0.29) is 5.91 Å². The van der Waals surface area contributed by atoms with Crippen LogP contribution in [0.3, 0.4) is 0 Å². The van der Waals surface area contributed by atoms with Crippen molar-refractivity contribution in [2.45, 2.75) is 25.9 Å². The van der Waals surface area contributed by atoms with Crippen LogP contribution in [-0.2, 0) is 17.9 Å². The molecule has 0 unspecified atom stereocenters. The molecule has 1 aromatic heterocycles. The molecule has 0 atom stereocenters. The quantitative estimate of drug-likeness (QED) is 0.867. The van der Waals surface area contributed by atoms with Gasteiger partial charge in [-0.1, -0.05) is 6.07 Å². The van der Waals surface area contributed by atoms with Gasteiger partial charge in [-0.2, -0.15) is 0 Å². The zero-order valence-corrected chi connectivity index (χ0v) is 12.1. The lowest BCUT2D eigenvalue weighted by Crippen LogP contribution is -2.24. The third-order valence-electron chi connectivity index (χ3n) is 3.26. The number of carbonyl (C=O) groups excluding carboxylic acids is 1. The van der Waals surface area contributed by atoms with Gasteiger partial charge in [-0.3, -0.25) is 4.79 Å². The van der Waals surface area contributed by atoms with Crippen LogP contribution in [-0.4, -0.2) is 39.3 Å². The SMILES string of the molecule is O=C(CCn1cnnn1)NCc1ccc2c(c1)OCCCO2. The van der Waals surface area contributed by atoms with Gasteiger partial charge in [-0.15, -0.1) is 5.10 Å². The highest BCUT2D eigenvalue weighted by molar-refractivity contribution is 5.75. The highest BCUT2D eigenvalue weighted by Gasteiger charge is 2.11. The number of rotatable bonds is 5. The molecule has 0 saturated carbocycles. The molecule has 0 saturated heterocycles. The molecule has 2 aromatic rings. The van der Waals surface area contributed by atoms with Crippen molar-refractivity contribution in [1.82, 2.24) is 25.5 Å². The monoisotopic (exact) mass is 303 g/mol. The van der Waals surface area contributed by atoms with Crippen molar-refractivity contribution < 1.29 is 14.3 Å². The summed E-state index contributed by atoms with van der Waals surface area (Å²) in [6, 6.07) is 5.71. The fraction of sp³-hybridized carbons (Fsp3) is 0.429. The van der Waals surface area contributed by atoms with Gasteiger partial charge < -0.3 is 14.8 Å². The number of amides is 1. The first-order valence-electron chi connectivity index (χ1n) is 7.17. The predicted octanol–water partition coefficient (Wildman–Crippen LogP) is 0.541. The zero-order valence-electron chi connectivity index (χ0n) is 12.1. The van der Waals surface area contributed by atoms with E-state index in [9.17, 15) is 4.79 Å². The van der Waals surface area contributed by atoms with Gasteiger partial charge >= 0.3 is 0 Å². The average Bonchev–Trinajstić information content (AvgIpc) is 2.95. The summed E-state index contributed by atoms with van der Waals surface area (Å²) in [6.45, 7) is 2.22. The number of hydrogen-bond acceptors (Lipinski definition) is 6. The second kappa shape index (κ2) is 6.88. The lowest BCUT2D eigenvalue weighted by Gasteiger charge is -2.10. The predicted molar refractivity (Wildman–Crippen MR) is 76.3 cm³/mol. The van der Waals surface area contributed by atoms with Gasteiger partial charge in [0.25, 0.3) is 0 Å². The molecular formula is C14H17N5O3. The van der Waals surface area contributed by atoms with Crippen LogP contribution in [0.1, 0.15) is 18.4 Å². The van der Waals surface area contributed by atoms with Crippen LogP contribution >= 0.6 is 0 Å². The van der Waals surface area contributed by atoms with Gasteiger partial charge in [0, 0.05) is 19.4 Å². The minimum atomic E-state index is -0.0531. The van der Waals surface area contributed by atoms with E-state index in [1.165, 1.54) is 11.0 Å². The van der Waals surface area contributed by atoms with E-state index in [1.807, 2.05) is 18.2 Å². The third-order valence-corrected chi connectivity index (χ3v) is 3.26. The van der Waals surface area contributed by atoms with Gasteiger partial charge in [0.1, 0.15) is 6.33 Å². The molecule has 1 N–H and O–H groups in total. The Morgan fingerprint density at radius 3 is 2.95 bits per heavy atom. The molecule has 1 aliphatic rings. The van der Waals surface area contributed by atoms with Crippen molar-refractivity contribution in [1.29, 1.82) is 0 Å². The topological polar surface area (TPSA) is 91.2 Å². The number of carbonyl (C=O) groups is 1. The molecule has 0 radical (unpaired) electrons. The van der Waals surface area contributed by atoms with Crippen molar-refractivity contribution in [2.75, 3.05) is 13.2 Å². The Labute approximate surface area is 127 Å². The average molecular weight is 303 g/mol. The maximum Gasteiger partial charge on any atom is 0.222 e. The molecule has 0 spiro atoms. The Bertz CT molecular complexity index is 629. The summed E-state index contributed by atoms with van der Waals surface area (Å²) in [4.78, 5) is 11.8. The van der Waals surface area contributed by atoms with E-state index in [4.69, 9.17) is 9.47 Å². The maximum atomic E-state index is 11.8. The van der Waals surface area contributed by atoms with Crippen LogP contribution in [0, 0.1) is 0 Å². The van der Waals surface area contributed by atoms with Crippen molar-refractivity contribution in [3.05, 3.63) is 30.1 Å². The molecule has 116 valence electrons. The molecule has 0 aliphatic carbocycles. The number of nitrogens with one attached hydrogen (secondary N) is 1. The smallest absolute Gasteiger partial charge is 0.222 e. The first kappa shape index (κ1) is 14.3. The molecule has 22 heavy (non-hydrogen) atoms. The fourth-order valence-corrected chi connectivity index (χ4v) is 2.11. The molecule has 3 rings (SSSR count). The highest BCUT2D eigenvalue weighted by Crippen LogP contribution is 2.30. The minimum Gasteiger partial charge on any atom is -0.490 e. The number of aromatic nitrogens is 4.